The van der Waals surface area contributed by atoms with Crippen molar-refractivity contribution in [1.29, 1.82) is 0 Å². The quantitative estimate of drug-likeness (QED) is 0.146. The molecule has 0 bridgehead atoms. The number of unbranched alkanes of at least 4 members (excludes halogenated alkanes) is 1. The first-order valence-corrected chi connectivity index (χ1v) is 18.4. The third-order valence-corrected chi connectivity index (χ3v) is 10.6. The Morgan fingerprint density at radius 2 is 1.68 bits per heavy atom. The van der Waals surface area contributed by atoms with Gasteiger partial charge < -0.3 is 20.9 Å². The van der Waals surface area contributed by atoms with E-state index in [0.717, 1.165) is 24.0 Å². The van der Waals surface area contributed by atoms with Gasteiger partial charge in [-0.3, -0.25) is 19.7 Å². The third kappa shape index (κ3) is 8.67. The van der Waals surface area contributed by atoms with Crippen LogP contribution in [0.25, 0.3) is 10.8 Å². The standard InChI is InChI=1S/C40H45Cl2N5O3/c41-32-16-15-31(33(42)26-32)25-36(45-38(48)35-18-17-34(44-35)29-9-2-1-3-10-29)39(49)47-23-22-46(40(50)37(47)12-6-7-20-43)21-19-27-13-14-28-8-4-5-11-30(28)24-27/h1-5,8-11,13-16,24,26,34-37,44H,6-7,12,17-23,25,43H2,(H,45,48)/t34-,35+,36-,37+/m1/s1. The molecule has 0 aliphatic carbocycles. The molecule has 4 N–H and O–H groups in total. The van der Waals surface area contributed by atoms with E-state index in [0.29, 0.717) is 67.5 Å². The van der Waals surface area contributed by atoms with Crippen molar-refractivity contribution in [1.82, 2.24) is 20.4 Å². The van der Waals surface area contributed by atoms with Gasteiger partial charge in [0, 0.05) is 42.1 Å². The van der Waals surface area contributed by atoms with Crippen molar-refractivity contribution in [3.8, 4) is 0 Å². The van der Waals surface area contributed by atoms with Crippen molar-refractivity contribution < 1.29 is 14.4 Å². The van der Waals surface area contributed by atoms with Gasteiger partial charge in [0.15, 0.2) is 0 Å². The van der Waals surface area contributed by atoms with Crippen LogP contribution in [0.2, 0.25) is 10.0 Å². The topological polar surface area (TPSA) is 108 Å². The highest BCUT2D eigenvalue weighted by molar-refractivity contribution is 6.35. The predicted molar refractivity (Wildman–Crippen MR) is 200 cm³/mol. The summed E-state index contributed by atoms with van der Waals surface area (Å²) in [6.07, 6.45) is 4.29. The normalized spacial score (nSPS) is 19.9. The molecule has 2 saturated heterocycles. The molecule has 10 heteroatoms. The lowest BCUT2D eigenvalue weighted by atomic mass is 9.98. The van der Waals surface area contributed by atoms with Gasteiger partial charge in [-0.25, -0.2) is 0 Å². The minimum absolute atomic E-state index is 0.0547. The number of nitrogens with two attached hydrogens (primary N) is 1. The van der Waals surface area contributed by atoms with Crippen LogP contribution in [0, 0.1) is 0 Å². The van der Waals surface area contributed by atoms with Gasteiger partial charge >= 0.3 is 0 Å². The van der Waals surface area contributed by atoms with Crippen molar-refractivity contribution in [3.63, 3.8) is 0 Å². The van der Waals surface area contributed by atoms with Crippen molar-refractivity contribution in [2.45, 2.75) is 69.1 Å². The Balaban J connectivity index is 1.19. The highest BCUT2D eigenvalue weighted by Crippen LogP contribution is 2.28. The fraction of sp³-hybridized carbons (Fsp3) is 0.375. The van der Waals surface area contributed by atoms with E-state index in [-0.39, 0.29) is 30.2 Å². The first-order valence-electron chi connectivity index (χ1n) is 17.6. The Morgan fingerprint density at radius 3 is 2.46 bits per heavy atom. The molecular formula is C40H45Cl2N5O3. The summed E-state index contributed by atoms with van der Waals surface area (Å²) >= 11 is 12.8. The zero-order valence-corrected chi connectivity index (χ0v) is 29.7. The second-order valence-corrected chi connectivity index (χ2v) is 14.2. The zero-order chi connectivity index (χ0) is 35.0. The molecule has 4 aromatic carbocycles. The summed E-state index contributed by atoms with van der Waals surface area (Å²) in [6.45, 7) is 1.85. The summed E-state index contributed by atoms with van der Waals surface area (Å²) in [4.78, 5) is 46.0. The molecule has 8 nitrogen and oxygen atoms in total. The molecular weight excluding hydrogens is 669 g/mol. The minimum atomic E-state index is -0.923. The number of benzene rings is 4. The van der Waals surface area contributed by atoms with E-state index in [1.807, 2.05) is 35.2 Å². The van der Waals surface area contributed by atoms with Crippen molar-refractivity contribution >= 4 is 51.7 Å². The number of carbonyl (C=O) groups excluding carboxylic acids is 3. The van der Waals surface area contributed by atoms with Crippen LogP contribution in [-0.4, -0.2) is 71.8 Å². The van der Waals surface area contributed by atoms with E-state index in [1.54, 1.807) is 23.1 Å². The van der Waals surface area contributed by atoms with E-state index >= 15 is 0 Å². The molecule has 4 aromatic rings. The molecule has 2 heterocycles. The van der Waals surface area contributed by atoms with Crippen molar-refractivity contribution in [3.05, 3.63) is 118 Å². The Hall–Kier alpha value is -3.95. The molecule has 6 rings (SSSR count). The average molecular weight is 715 g/mol. The number of hydrogen-bond acceptors (Lipinski definition) is 5. The number of piperazine rings is 1. The number of nitrogens with zero attached hydrogens (tertiary/aromatic N) is 2. The maximum atomic E-state index is 14.5. The first kappa shape index (κ1) is 35.9. The summed E-state index contributed by atoms with van der Waals surface area (Å²) in [5.74, 6) is -0.602. The summed E-state index contributed by atoms with van der Waals surface area (Å²) in [6, 6.07) is 27.9. The van der Waals surface area contributed by atoms with Crippen LogP contribution in [0.1, 0.15) is 54.8 Å². The van der Waals surface area contributed by atoms with Gasteiger partial charge in [-0.15, -0.1) is 0 Å². The van der Waals surface area contributed by atoms with Crippen LogP contribution in [0.15, 0.2) is 91.0 Å². The summed E-state index contributed by atoms with van der Waals surface area (Å²) in [5.41, 5.74) is 8.80. The average Bonchev–Trinajstić information content (AvgIpc) is 3.63. The molecule has 4 atom stereocenters. The second kappa shape index (κ2) is 16.8. The number of nitrogens with one attached hydrogen (secondary N) is 2. The van der Waals surface area contributed by atoms with E-state index in [9.17, 15) is 14.4 Å². The number of rotatable bonds is 13. The fourth-order valence-electron chi connectivity index (χ4n) is 7.22. The summed E-state index contributed by atoms with van der Waals surface area (Å²) in [5, 5.41) is 9.77. The highest BCUT2D eigenvalue weighted by atomic mass is 35.5. The molecule has 0 aromatic heterocycles. The molecule has 2 aliphatic rings. The lowest BCUT2D eigenvalue weighted by Gasteiger charge is -2.42. The molecule has 262 valence electrons. The van der Waals surface area contributed by atoms with Crippen LogP contribution in [0.5, 0.6) is 0 Å². The number of halogens is 2. The van der Waals surface area contributed by atoms with Crippen LogP contribution >= 0.6 is 23.2 Å². The van der Waals surface area contributed by atoms with Crippen LogP contribution in [-0.2, 0) is 27.2 Å². The number of hydrogen-bond donors (Lipinski definition) is 3. The van der Waals surface area contributed by atoms with Crippen LogP contribution < -0.4 is 16.4 Å². The lowest BCUT2D eigenvalue weighted by molar-refractivity contribution is -0.153. The number of amides is 3. The van der Waals surface area contributed by atoms with E-state index in [4.69, 9.17) is 28.9 Å². The fourth-order valence-corrected chi connectivity index (χ4v) is 7.71. The molecule has 3 amide bonds. The third-order valence-electron chi connectivity index (χ3n) is 10.0. The van der Waals surface area contributed by atoms with Gasteiger partial charge in [0.05, 0.1) is 6.04 Å². The molecule has 0 saturated carbocycles. The maximum Gasteiger partial charge on any atom is 0.246 e. The predicted octanol–water partition coefficient (Wildman–Crippen LogP) is 6.08. The summed E-state index contributed by atoms with van der Waals surface area (Å²) < 4.78 is 0. The highest BCUT2D eigenvalue weighted by Gasteiger charge is 2.40. The minimum Gasteiger partial charge on any atom is -0.343 e. The number of fused-ring (bicyclic) bond motifs is 1. The summed E-state index contributed by atoms with van der Waals surface area (Å²) in [7, 11) is 0. The smallest absolute Gasteiger partial charge is 0.246 e. The number of carbonyl (C=O) groups is 3. The van der Waals surface area contributed by atoms with Crippen molar-refractivity contribution in [2.24, 2.45) is 5.73 Å². The second-order valence-electron chi connectivity index (χ2n) is 13.3. The zero-order valence-electron chi connectivity index (χ0n) is 28.2. The molecule has 2 fully saturated rings. The molecule has 0 spiro atoms. The van der Waals surface area contributed by atoms with Gasteiger partial charge in [-0.2, -0.15) is 0 Å². The monoisotopic (exact) mass is 713 g/mol. The first-order chi connectivity index (χ1) is 24.3. The van der Waals surface area contributed by atoms with Gasteiger partial charge in [0.25, 0.3) is 0 Å². The Bertz CT molecular complexity index is 1800. The molecule has 0 radical (unpaired) electrons. The molecule has 2 aliphatic heterocycles. The Morgan fingerprint density at radius 1 is 0.900 bits per heavy atom. The Kier molecular flexibility index (Phi) is 12.1. The van der Waals surface area contributed by atoms with Gasteiger partial charge in [-0.05, 0) is 84.7 Å². The van der Waals surface area contributed by atoms with E-state index in [1.165, 1.54) is 10.8 Å². The van der Waals surface area contributed by atoms with Gasteiger partial charge in [-0.1, -0.05) is 102 Å². The maximum absolute atomic E-state index is 14.5. The van der Waals surface area contributed by atoms with Crippen LogP contribution in [0.4, 0.5) is 0 Å². The van der Waals surface area contributed by atoms with Gasteiger partial charge in [0.1, 0.15) is 12.1 Å². The Labute approximate surface area is 304 Å². The molecule has 50 heavy (non-hydrogen) atoms. The molecule has 0 unspecified atom stereocenters. The largest absolute Gasteiger partial charge is 0.343 e. The van der Waals surface area contributed by atoms with E-state index in [2.05, 4.69) is 53.1 Å². The SMILES string of the molecule is NCCCC[C@H]1C(=O)N(CCc2ccc3ccccc3c2)CCN1C(=O)[C@@H](Cc1ccc(Cl)cc1Cl)NC(=O)[C@@H]1CC[C@H](c2ccccc2)N1. The van der Waals surface area contributed by atoms with Crippen LogP contribution in [0.3, 0.4) is 0 Å². The van der Waals surface area contributed by atoms with Gasteiger partial charge in [0.2, 0.25) is 17.7 Å². The lowest BCUT2D eigenvalue weighted by Crippen LogP contribution is -2.63. The van der Waals surface area contributed by atoms with E-state index < -0.39 is 18.1 Å². The van der Waals surface area contributed by atoms with Crippen molar-refractivity contribution in [2.75, 3.05) is 26.2 Å².